The Morgan fingerprint density at radius 2 is 2.10 bits per heavy atom. The Kier molecular flexibility index (Phi) is 5.30. The molecule has 2 saturated heterocycles. The van der Waals surface area contributed by atoms with Crippen LogP contribution < -0.4 is 9.64 Å². The van der Waals surface area contributed by atoms with E-state index in [9.17, 15) is 0 Å². The first-order valence-corrected chi connectivity index (χ1v) is 10.7. The standard InChI is InChI=1S/C21H28N6O3/c1-14-4-3-8-28-13-18(14)30-17-10-20(26-7-9-29-12-15(26)2)24-21-16(17)11-23-27(21)19-5-6-22-25-19/h5-6,10-11,14-15,18H,3-4,7-9,12-13H2,1-2H3,(H,22,25)/t14-,15-,18-/m1/s1. The Hall–Kier alpha value is -2.65. The number of hydrogen-bond acceptors (Lipinski definition) is 7. The molecule has 3 aromatic heterocycles. The molecule has 0 amide bonds. The van der Waals surface area contributed by atoms with Crippen molar-refractivity contribution in [3.05, 3.63) is 24.5 Å². The predicted molar refractivity (Wildman–Crippen MR) is 112 cm³/mol. The topological polar surface area (TPSA) is 90.3 Å². The maximum Gasteiger partial charge on any atom is 0.170 e. The molecule has 0 bridgehead atoms. The predicted octanol–water partition coefficient (Wildman–Crippen LogP) is 2.56. The van der Waals surface area contributed by atoms with Crippen LogP contribution in [-0.4, -0.2) is 70.1 Å². The van der Waals surface area contributed by atoms with E-state index in [1.165, 1.54) is 0 Å². The number of ether oxygens (including phenoxy) is 3. The molecule has 3 atom stereocenters. The fraction of sp³-hybridized carbons (Fsp3) is 0.571. The molecular formula is C21H28N6O3. The van der Waals surface area contributed by atoms with Crippen LogP contribution in [0, 0.1) is 5.92 Å². The van der Waals surface area contributed by atoms with Crippen molar-refractivity contribution in [1.82, 2.24) is 25.0 Å². The number of aromatic nitrogens is 5. The Bertz CT molecular complexity index is 988. The second-order valence-corrected chi connectivity index (χ2v) is 8.18. The van der Waals surface area contributed by atoms with Gasteiger partial charge in [0.25, 0.3) is 0 Å². The smallest absolute Gasteiger partial charge is 0.170 e. The molecule has 2 aliphatic rings. The number of nitrogens with one attached hydrogen (secondary N) is 1. The van der Waals surface area contributed by atoms with E-state index in [-0.39, 0.29) is 12.1 Å². The van der Waals surface area contributed by atoms with Gasteiger partial charge in [-0.3, -0.25) is 5.10 Å². The van der Waals surface area contributed by atoms with Gasteiger partial charge in [-0.2, -0.15) is 14.9 Å². The van der Waals surface area contributed by atoms with Crippen molar-refractivity contribution in [1.29, 1.82) is 0 Å². The highest BCUT2D eigenvalue weighted by Gasteiger charge is 2.27. The van der Waals surface area contributed by atoms with Crippen LogP contribution in [0.1, 0.15) is 26.7 Å². The van der Waals surface area contributed by atoms with Gasteiger partial charge in [-0.1, -0.05) is 6.92 Å². The second-order valence-electron chi connectivity index (χ2n) is 8.18. The minimum absolute atomic E-state index is 0.00330. The molecular weight excluding hydrogens is 384 g/mol. The zero-order chi connectivity index (χ0) is 20.5. The number of nitrogens with zero attached hydrogens (tertiary/aromatic N) is 5. The number of hydrogen-bond donors (Lipinski definition) is 1. The first-order chi connectivity index (χ1) is 14.7. The molecule has 160 valence electrons. The van der Waals surface area contributed by atoms with Gasteiger partial charge in [-0.05, 0) is 25.7 Å². The van der Waals surface area contributed by atoms with Crippen LogP contribution in [0.15, 0.2) is 24.5 Å². The molecule has 0 unspecified atom stereocenters. The van der Waals surface area contributed by atoms with Crippen molar-refractivity contribution in [2.45, 2.75) is 38.8 Å². The molecule has 9 nitrogen and oxygen atoms in total. The summed E-state index contributed by atoms with van der Waals surface area (Å²) >= 11 is 0. The third-order valence-corrected chi connectivity index (χ3v) is 6.01. The molecule has 2 aliphatic heterocycles. The fourth-order valence-corrected chi connectivity index (χ4v) is 4.18. The maximum atomic E-state index is 6.56. The summed E-state index contributed by atoms with van der Waals surface area (Å²) in [5.74, 6) is 2.85. The van der Waals surface area contributed by atoms with Gasteiger partial charge in [0.15, 0.2) is 11.5 Å². The maximum absolute atomic E-state index is 6.56. The van der Waals surface area contributed by atoms with E-state index < -0.39 is 0 Å². The molecule has 0 saturated carbocycles. The van der Waals surface area contributed by atoms with Crippen LogP contribution in [-0.2, 0) is 9.47 Å². The Labute approximate surface area is 175 Å². The minimum atomic E-state index is 0.00330. The third-order valence-electron chi connectivity index (χ3n) is 6.01. The highest BCUT2D eigenvalue weighted by molar-refractivity contribution is 5.85. The number of pyridine rings is 1. The number of fused-ring (bicyclic) bond motifs is 1. The van der Waals surface area contributed by atoms with Gasteiger partial charge in [0.2, 0.25) is 0 Å². The summed E-state index contributed by atoms with van der Waals surface area (Å²) in [7, 11) is 0. The Morgan fingerprint density at radius 1 is 1.20 bits per heavy atom. The van der Waals surface area contributed by atoms with E-state index in [1.54, 1.807) is 10.9 Å². The van der Waals surface area contributed by atoms with Crippen molar-refractivity contribution in [3.8, 4) is 11.6 Å². The Balaban J connectivity index is 1.59. The van der Waals surface area contributed by atoms with Crippen LogP contribution in [0.5, 0.6) is 5.75 Å². The molecule has 30 heavy (non-hydrogen) atoms. The lowest BCUT2D eigenvalue weighted by atomic mass is 10.0. The van der Waals surface area contributed by atoms with E-state index in [0.717, 1.165) is 54.4 Å². The summed E-state index contributed by atoms with van der Waals surface area (Å²) < 4.78 is 19.7. The van der Waals surface area contributed by atoms with Crippen molar-refractivity contribution >= 4 is 16.9 Å². The van der Waals surface area contributed by atoms with Gasteiger partial charge in [0, 0.05) is 25.3 Å². The molecule has 0 aromatic carbocycles. The van der Waals surface area contributed by atoms with Crippen molar-refractivity contribution < 1.29 is 14.2 Å². The summed E-state index contributed by atoms with van der Waals surface area (Å²) in [6.45, 7) is 7.94. The average molecular weight is 412 g/mol. The summed E-state index contributed by atoms with van der Waals surface area (Å²) in [6.07, 6.45) is 5.69. The van der Waals surface area contributed by atoms with E-state index in [1.807, 2.05) is 18.3 Å². The third kappa shape index (κ3) is 3.63. The first-order valence-electron chi connectivity index (χ1n) is 10.7. The molecule has 9 heteroatoms. The normalized spacial score (nSPS) is 25.4. The van der Waals surface area contributed by atoms with Crippen LogP contribution in [0.2, 0.25) is 0 Å². The molecule has 1 N–H and O–H groups in total. The Morgan fingerprint density at radius 3 is 2.93 bits per heavy atom. The second kappa shape index (κ2) is 8.23. The summed E-state index contributed by atoms with van der Waals surface area (Å²) in [5, 5.41) is 12.5. The van der Waals surface area contributed by atoms with Crippen LogP contribution >= 0.6 is 0 Å². The van der Waals surface area contributed by atoms with Crippen LogP contribution in [0.4, 0.5) is 5.82 Å². The van der Waals surface area contributed by atoms with Crippen LogP contribution in [0.25, 0.3) is 16.9 Å². The zero-order valence-electron chi connectivity index (χ0n) is 17.5. The average Bonchev–Trinajstić information content (AvgIpc) is 3.38. The van der Waals surface area contributed by atoms with Gasteiger partial charge in [0.1, 0.15) is 17.7 Å². The lowest BCUT2D eigenvalue weighted by Gasteiger charge is -2.34. The molecule has 0 aliphatic carbocycles. The highest BCUT2D eigenvalue weighted by Crippen LogP contribution is 2.33. The molecule has 5 rings (SSSR count). The number of rotatable bonds is 4. The van der Waals surface area contributed by atoms with Crippen molar-refractivity contribution in [2.24, 2.45) is 5.92 Å². The highest BCUT2D eigenvalue weighted by atomic mass is 16.5. The van der Waals surface area contributed by atoms with E-state index >= 15 is 0 Å². The summed E-state index contributed by atoms with van der Waals surface area (Å²) in [6, 6.07) is 4.15. The van der Waals surface area contributed by atoms with E-state index in [2.05, 4.69) is 34.0 Å². The quantitative estimate of drug-likeness (QED) is 0.704. The monoisotopic (exact) mass is 412 g/mol. The number of aromatic amines is 1. The molecule has 0 radical (unpaired) electrons. The summed E-state index contributed by atoms with van der Waals surface area (Å²) in [5.41, 5.74) is 0.743. The molecule has 5 heterocycles. The molecule has 2 fully saturated rings. The number of H-pyrrole nitrogens is 1. The molecule has 3 aromatic rings. The van der Waals surface area contributed by atoms with Crippen LogP contribution in [0.3, 0.4) is 0 Å². The van der Waals surface area contributed by atoms with Crippen molar-refractivity contribution in [2.75, 3.05) is 37.9 Å². The van der Waals surface area contributed by atoms with Gasteiger partial charge in [-0.25, -0.2) is 4.98 Å². The number of morpholine rings is 1. The fourth-order valence-electron chi connectivity index (χ4n) is 4.18. The van der Waals surface area contributed by atoms with Crippen molar-refractivity contribution in [3.63, 3.8) is 0 Å². The largest absolute Gasteiger partial charge is 0.487 e. The lowest BCUT2D eigenvalue weighted by Crippen LogP contribution is -2.44. The van der Waals surface area contributed by atoms with Gasteiger partial charge >= 0.3 is 0 Å². The zero-order valence-corrected chi connectivity index (χ0v) is 17.5. The van der Waals surface area contributed by atoms with E-state index in [4.69, 9.17) is 19.2 Å². The minimum Gasteiger partial charge on any atom is -0.487 e. The number of anilines is 1. The van der Waals surface area contributed by atoms with Gasteiger partial charge in [-0.15, -0.1) is 0 Å². The first kappa shape index (κ1) is 19.3. The van der Waals surface area contributed by atoms with E-state index in [0.29, 0.717) is 25.7 Å². The van der Waals surface area contributed by atoms with Gasteiger partial charge in [0.05, 0.1) is 43.6 Å². The SMILES string of the molecule is C[C@@H]1CCCOC[C@H]1Oc1cc(N2CCOC[C@H]2C)nc2c1cnn2-c1ccn[nH]1. The summed E-state index contributed by atoms with van der Waals surface area (Å²) in [4.78, 5) is 7.24. The molecule has 0 spiro atoms. The lowest BCUT2D eigenvalue weighted by molar-refractivity contribution is 0.0476. The van der Waals surface area contributed by atoms with Gasteiger partial charge < -0.3 is 19.1 Å².